The molecule has 0 atom stereocenters. The van der Waals surface area contributed by atoms with Crippen molar-refractivity contribution >= 4 is 33.6 Å². The highest BCUT2D eigenvalue weighted by molar-refractivity contribution is 8.74. The predicted molar refractivity (Wildman–Crippen MR) is 111 cm³/mol. The molecule has 2 aliphatic rings. The first kappa shape index (κ1) is 17.9. The van der Waals surface area contributed by atoms with Gasteiger partial charge in [-0.2, -0.15) is 0 Å². The molecule has 2 aromatic rings. The van der Waals surface area contributed by atoms with E-state index in [1.54, 1.807) is 0 Å². The van der Waals surface area contributed by atoms with Gasteiger partial charge in [0.05, 0.1) is 0 Å². The summed E-state index contributed by atoms with van der Waals surface area (Å²) in [6.45, 7) is 8.45. The molecule has 26 heavy (non-hydrogen) atoms. The zero-order valence-corrected chi connectivity index (χ0v) is 16.4. The van der Waals surface area contributed by atoms with Crippen LogP contribution in [0.4, 0.5) is 11.6 Å². The van der Waals surface area contributed by atoms with Crippen molar-refractivity contribution in [3.8, 4) is 0 Å². The summed E-state index contributed by atoms with van der Waals surface area (Å²) in [5, 5.41) is 0. The number of nitrogens with zero attached hydrogens (tertiary/aromatic N) is 6. The quantitative estimate of drug-likeness (QED) is 0.572. The maximum Gasteiger partial charge on any atom is 0.128 e. The molecule has 2 saturated heterocycles. The number of piperazine rings is 2. The minimum absolute atomic E-state index is 1.04. The average Bonchev–Trinajstić information content (AvgIpc) is 2.74. The maximum atomic E-state index is 4.46. The Morgan fingerprint density at radius 1 is 0.577 bits per heavy atom. The third kappa shape index (κ3) is 4.62. The van der Waals surface area contributed by atoms with Crippen molar-refractivity contribution in [2.24, 2.45) is 0 Å². The maximum absolute atomic E-state index is 4.46. The van der Waals surface area contributed by atoms with E-state index in [0.29, 0.717) is 0 Å². The first-order valence-electron chi connectivity index (χ1n) is 9.05. The van der Waals surface area contributed by atoms with Crippen LogP contribution in [0.1, 0.15) is 0 Å². The largest absolute Gasteiger partial charge is 0.354 e. The van der Waals surface area contributed by atoms with Crippen molar-refractivity contribution in [3.63, 3.8) is 0 Å². The van der Waals surface area contributed by atoms with Crippen LogP contribution in [0.5, 0.6) is 0 Å². The van der Waals surface area contributed by atoms with Gasteiger partial charge in [0.15, 0.2) is 0 Å². The molecule has 0 aliphatic carbocycles. The second-order valence-corrected chi connectivity index (χ2v) is 8.58. The Kier molecular flexibility index (Phi) is 6.16. The molecule has 0 aromatic carbocycles. The van der Waals surface area contributed by atoms with E-state index in [1.807, 2.05) is 46.5 Å². The van der Waals surface area contributed by atoms with E-state index < -0.39 is 0 Å². The van der Waals surface area contributed by atoms with Crippen LogP contribution in [0.3, 0.4) is 0 Å². The molecule has 0 saturated carbocycles. The van der Waals surface area contributed by atoms with Gasteiger partial charge in [-0.3, -0.25) is 0 Å². The summed E-state index contributed by atoms with van der Waals surface area (Å²) >= 11 is 0. The van der Waals surface area contributed by atoms with E-state index in [2.05, 4.69) is 52.6 Å². The lowest BCUT2D eigenvalue weighted by Gasteiger charge is -2.37. The van der Waals surface area contributed by atoms with Crippen LogP contribution in [-0.4, -0.2) is 70.9 Å². The Hall–Kier alpha value is -1.48. The molecule has 0 radical (unpaired) electrons. The lowest BCUT2D eigenvalue weighted by molar-refractivity contribution is 0.424. The Labute approximate surface area is 163 Å². The fraction of sp³-hybridized carbons (Fsp3) is 0.444. The molecule has 0 unspecified atom stereocenters. The van der Waals surface area contributed by atoms with Crippen molar-refractivity contribution < 1.29 is 0 Å². The molecule has 4 heterocycles. The molecule has 0 N–H and O–H groups in total. The van der Waals surface area contributed by atoms with Gasteiger partial charge >= 0.3 is 0 Å². The highest BCUT2D eigenvalue weighted by atomic mass is 33.1. The molecule has 2 fully saturated rings. The fourth-order valence-electron chi connectivity index (χ4n) is 3.16. The van der Waals surface area contributed by atoms with E-state index in [1.165, 1.54) is 0 Å². The smallest absolute Gasteiger partial charge is 0.128 e. The molecule has 138 valence electrons. The van der Waals surface area contributed by atoms with Crippen LogP contribution < -0.4 is 9.80 Å². The lowest BCUT2D eigenvalue weighted by atomic mass is 10.3. The topological polar surface area (TPSA) is 38.7 Å². The van der Waals surface area contributed by atoms with Crippen LogP contribution in [-0.2, 0) is 0 Å². The molecule has 8 heteroatoms. The number of hydrogen-bond donors (Lipinski definition) is 0. The monoisotopic (exact) mass is 388 g/mol. The molecule has 2 aromatic heterocycles. The highest BCUT2D eigenvalue weighted by Gasteiger charge is 2.22. The predicted octanol–water partition coefficient (Wildman–Crippen LogP) is 2.63. The Morgan fingerprint density at radius 3 is 1.35 bits per heavy atom. The summed E-state index contributed by atoms with van der Waals surface area (Å²) in [7, 11) is 3.79. The van der Waals surface area contributed by atoms with Gasteiger partial charge in [0, 0.05) is 86.7 Å². The SMILES string of the molecule is c1ccc(N2CCN(SSN3CCN(c4ccccn4)CC3)CC2)nc1. The molecule has 0 spiro atoms. The van der Waals surface area contributed by atoms with Crippen LogP contribution >= 0.6 is 22.0 Å². The van der Waals surface area contributed by atoms with Crippen molar-refractivity contribution in [2.45, 2.75) is 0 Å². The minimum Gasteiger partial charge on any atom is -0.354 e. The van der Waals surface area contributed by atoms with Gasteiger partial charge in [0.25, 0.3) is 0 Å². The van der Waals surface area contributed by atoms with Crippen molar-refractivity contribution in [1.82, 2.24) is 18.6 Å². The zero-order chi connectivity index (χ0) is 17.6. The summed E-state index contributed by atoms with van der Waals surface area (Å²) in [6.07, 6.45) is 3.74. The average molecular weight is 389 g/mol. The van der Waals surface area contributed by atoms with Gasteiger partial charge in [-0.25, -0.2) is 18.6 Å². The van der Waals surface area contributed by atoms with Gasteiger partial charge in [0.1, 0.15) is 11.6 Å². The first-order chi connectivity index (χ1) is 12.9. The summed E-state index contributed by atoms with van der Waals surface area (Å²) < 4.78 is 4.93. The molecular weight excluding hydrogens is 364 g/mol. The van der Waals surface area contributed by atoms with Crippen molar-refractivity contribution in [1.29, 1.82) is 0 Å². The first-order valence-corrected chi connectivity index (χ1v) is 11.1. The van der Waals surface area contributed by atoms with E-state index in [4.69, 9.17) is 0 Å². The molecule has 6 nitrogen and oxygen atoms in total. The third-order valence-corrected chi connectivity index (χ3v) is 7.35. The third-order valence-electron chi connectivity index (χ3n) is 4.67. The molecule has 4 rings (SSSR count). The number of rotatable bonds is 5. The summed E-state index contributed by atoms with van der Waals surface area (Å²) in [5.41, 5.74) is 0. The van der Waals surface area contributed by atoms with E-state index >= 15 is 0 Å². The standard InChI is InChI=1S/C18H24N6S2/c1-3-7-19-17(5-1)21-9-13-23(14-10-21)25-26-24-15-11-22(12-16-24)18-6-2-4-8-20-18/h1-8H,9-16H2. The second-order valence-electron chi connectivity index (χ2n) is 6.36. The van der Waals surface area contributed by atoms with Crippen molar-refractivity contribution in [3.05, 3.63) is 48.8 Å². The van der Waals surface area contributed by atoms with Crippen LogP contribution in [0.25, 0.3) is 0 Å². The minimum atomic E-state index is 1.04. The molecular formula is C18H24N6S2. The lowest BCUT2D eigenvalue weighted by Crippen LogP contribution is -2.45. The van der Waals surface area contributed by atoms with Crippen molar-refractivity contribution in [2.75, 3.05) is 62.2 Å². The van der Waals surface area contributed by atoms with Crippen LogP contribution in [0.2, 0.25) is 0 Å². The Bertz CT molecular complexity index is 598. The summed E-state index contributed by atoms with van der Waals surface area (Å²) in [5.74, 6) is 2.19. The van der Waals surface area contributed by atoms with Crippen LogP contribution in [0, 0.1) is 0 Å². The zero-order valence-electron chi connectivity index (χ0n) is 14.8. The van der Waals surface area contributed by atoms with E-state index in [0.717, 1.165) is 64.0 Å². The summed E-state index contributed by atoms with van der Waals surface area (Å²) in [6, 6.07) is 12.3. The normalized spacial score (nSPS) is 19.7. The summed E-state index contributed by atoms with van der Waals surface area (Å²) in [4.78, 5) is 13.6. The number of hydrogen-bond acceptors (Lipinski definition) is 8. The van der Waals surface area contributed by atoms with Gasteiger partial charge in [-0.1, -0.05) is 12.1 Å². The van der Waals surface area contributed by atoms with Gasteiger partial charge in [-0.05, 0) is 24.3 Å². The van der Waals surface area contributed by atoms with Crippen LogP contribution in [0.15, 0.2) is 48.8 Å². The molecule has 2 aliphatic heterocycles. The Balaban J connectivity index is 1.17. The van der Waals surface area contributed by atoms with E-state index in [9.17, 15) is 0 Å². The molecule has 0 bridgehead atoms. The van der Waals surface area contributed by atoms with Gasteiger partial charge < -0.3 is 9.80 Å². The second kappa shape index (κ2) is 8.94. The fourth-order valence-corrected chi connectivity index (χ4v) is 5.43. The number of aromatic nitrogens is 2. The highest BCUT2D eigenvalue weighted by Crippen LogP contribution is 2.32. The molecule has 0 amide bonds. The number of anilines is 2. The number of pyridine rings is 2. The Morgan fingerprint density at radius 2 is 1.00 bits per heavy atom. The van der Waals surface area contributed by atoms with Gasteiger partial charge in [-0.15, -0.1) is 0 Å². The van der Waals surface area contributed by atoms with E-state index in [-0.39, 0.29) is 0 Å². The van der Waals surface area contributed by atoms with Gasteiger partial charge in [0.2, 0.25) is 0 Å².